The summed E-state index contributed by atoms with van der Waals surface area (Å²) in [4.78, 5) is 32.7. The lowest BCUT2D eigenvalue weighted by atomic mass is 10.2. The van der Waals surface area contributed by atoms with E-state index in [9.17, 15) is 9.59 Å². The van der Waals surface area contributed by atoms with Gasteiger partial charge in [0.1, 0.15) is 5.52 Å². The highest BCUT2D eigenvalue weighted by atomic mass is 32.1. The van der Waals surface area contributed by atoms with Gasteiger partial charge in [0, 0.05) is 22.9 Å². The highest BCUT2D eigenvalue weighted by Gasteiger charge is 2.13. The highest BCUT2D eigenvalue weighted by Crippen LogP contribution is 2.24. The van der Waals surface area contributed by atoms with Gasteiger partial charge in [-0.05, 0) is 18.2 Å². The second kappa shape index (κ2) is 7.87. The van der Waals surface area contributed by atoms with Gasteiger partial charge in [0.2, 0.25) is 11.8 Å². The molecule has 0 aliphatic heterocycles. The number of rotatable bonds is 6. The van der Waals surface area contributed by atoms with Gasteiger partial charge in [-0.15, -0.1) is 11.3 Å². The third-order valence-electron chi connectivity index (χ3n) is 3.83. The molecule has 0 fully saturated rings. The molecule has 2 N–H and O–H groups in total. The number of anilines is 2. The van der Waals surface area contributed by atoms with Crippen LogP contribution in [0.5, 0.6) is 0 Å². The Hall–Kier alpha value is -2.74. The first-order chi connectivity index (χ1) is 12.8. The van der Waals surface area contributed by atoms with Crippen LogP contribution in [0.25, 0.3) is 11.1 Å². The molecular weight excluding hydrogens is 364 g/mol. The third-order valence-corrected chi connectivity index (χ3v) is 4.64. The molecule has 0 atom stereocenters. The number of aromatic nitrogens is 2. The summed E-state index contributed by atoms with van der Waals surface area (Å²) >= 11 is 1.31. The van der Waals surface area contributed by atoms with Crippen molar-refractivity contribution in [2.24, 2.45) is 5.92 Å². The molecule has 1 aromatic carbocycles. The van der Waals surface area contributed by atoms with Crippen molar-refractivity contribution in [2.45, 2.75) is 40.0 Å². The van der Waals surface area contributed by atoms with Crippen molar-refractivity contribution >= 4 is 45.1 Å². The molecule has 0 radical (unpaired) electrons. The zero-order chi connectivity index (χ0) is 19.6. The normalized spacial score (nSPS) is 11.3. The van der Waals surface area contributed by atoms with Crippen LogP contribution >= 0.6 is 11.3 Å². The smallest absolute Gasteiger partial charge is 0.230 e. The molecule has 142 valence electrons. The molecular formula is C19H22N4O3S. The summed E-state index contributed by atoms with van der Waals surface area (Å²) in [5, 5.41) is 7.85. The standard InChI is InChI=1S/C19H22N4O3S/c1-10(2)17(25)23-19-21-13(9-27-19)8-16(24)20-12-5-6-15-14(7-12)22-18(26-15)11(3)4/h5-7,9-11H,8H2,1-4H3,(H,20,24)(H,21,23,25). The van der Waals surface area contributed by atoms with E-state index in [1.165, 1.54) is 11.3 Å². The summed E-state index contributed by atoms with van der Waals surface area (Å²) in [7, 11) is 0. The molecule has 3 aromatic rings. The van der Waals surface area contributed by atoms with Crippen LogP contribution in [0.1, 0.15) is 45.2 Å². The molecule has 2 amide bonds. The lowest BCUT2D eigenvalue weighted by Crippen LogP contribution is -2.18. The number of amides is 2. The predicted molar refractivity (Wildman–Crippen MR) is 106 cm³/mol. The van der Waals surface area contributed by atoms with E-state index in [-0.39, 0.29) is 30.1 Å². The maximum absolute atomic E-state index is 12.3. The van der Waals surface area contributed by atoms with Crippen LogP contribution in [0.15, 0.2) is 28.0 Å². The number of hydrogen-bond donors (Lipinski definition) is 2. The highest BCUT2D eigenvalue weighted by molar-refractivity contribution is 7.13. The Morgan fingerprint density at radius 1 is 1.15 bits per heavy atom. The van der Waals surface area contributed by atoms with Gasteiger partial charge in [-0.25, -0.2) is 9.97 Å². The summed E-state index contributed by atoms with van der Waals surface area (Å²) in [6, 6.07) is 5.37. The molecule has 0 saturated carbocycles. The number of hydrogen-bond acceptors (Lipinski definition) is 6. The molecule has 0 spiro atoms. The van der Waals surface area contributed by atoms with Crippen molar-refractivity contribution in [1.82, 2.24) is 9.97 Å². The van der Waals surface area contributed by atoms with Gasteiger partial charge in [0.15, 0.2) is 16.6 Å². The number of carbonyl (C=O) groups excluding carboxylic acids is 2. The van der Waals surface area contributed by atoms with Crippen molar-refractivity contribution in [3.8, 4) is 0 Å². The van der Waals surface area contributed by atoms with E-state index in [0.29, 0.717) is 33.5 Å². The van der Waals surface area contributed by atoms with E-state index in [1.54, 1.807) is 23.6 Å². The maximum Gasteiger partial charge on any atom is 0.230 e. The number of fused-ring (bicyclic) bond motifs is 1. The minimum Gasteiger partial charge on any atom is -0.440 e. The third kappa shape index (κ3) is 4.71. The van der Waals surface area contributed by atoms with Gasteiger partial charge >= 0.3 is 0 Å². The fraction of sp³-hybridized carbons (Fsp3) is 0.368. The van der Waals surface area contributed by atoms with Crippen LogP contribution in [-0.4, -0.2) is 21.8 Å². The summed E-state index contributed by atoms with van der Waals surface area (Å²) in [5.74, 6) is 0.469. The van der Waals surface area contributed by atoms with E-state index >= 15 is 0 Å². The van der Waals surface area contributed by atoms with Crippen molar-refractivity contribution in [2.75, 3.05) is 10.6 Å². The molecule has 0 aliphatic carbocycles. The number of benzene rings is 1. The first-order valence-electron chi connectivity index (χ1n) is 8.77. The number of thiazole rings is 1. The molecule has 2 aromatic heterocycles. The molecule has 0 unspecified atom stereocenters. The van der Waals surface area contributed by atoms with E-state index < -0.39 is 0 Å². The lowest BCUT2D eigenvalue weighted by Gasteiger charge is -2.04. The molecule has 8 heteroatoms. The Morgan fingerprint density at radius 3 is 2.63 bits per heavy atom. The van der Waals surface area contributed by atoms with Crippen LogP contribution < -0.4 is 10.6 Å². The summed E-state index contributed by atoms with van der Waals surface area (Å²) < 4.78 is 5.67. The average molecular weight is 386 g/mol. The minimum atomic E-state index is -0.186. The minimum absolute atomic E-state index is 0.0953. The second-order valence-corrected chi connectivity index (χ2v) is 7.76. The van der Waals surface area contributed by atoms with Crippen LogP contribution in [-0.2, 0) is 16.0 Å². The fourth-order valence-corrected chi connectivity index (χ4v) is 3.05. The zero-order valence-corrected chi connectivity index (χ0v) is 16.5. The molecule has 27 heavy (non-hydrogen) atoms. The number of nitrogens with zero attached hydrogens (tertiary/aromatic N) is 2. The van der Waals surface area contributed by atoms with Gasteiger partial charge in [-0.2, -0.15) is 0 Å². The molecule has 0 aliphatic rings. The molecule has 3 rings (SSSR count). The topological polar surface area (TPSA) is 97.1 Å². The fourth-order valence-electron chi connectivity index (χ4n) is 2.33. The number of nitrogens with one attached hydrogen (secondary N) is 2. The Bertz CT molecular complexity index is 974. The van der Waals surface area contributed by atoms with E-state index in [0.717, 1.165) is 0 Å². The average Bonchev–Trinajstić information content (AvgIpc) is 3.21. The first-order valence-corrected chi connectivity index (χ1v) is 9.65. The van der Waals surface area contributed by atoms with E-state index in [1.807, 2.05) is 27.7 Å². The summed E-state index contributed by atoms with van der Waals surface area (Å²) in [6.45, 7) is 7.65. The van der Waals surface area contributed by atoms with Crippen LogP contribution in [0.4, 0.5) is 10.8 Å². The Morgan fingerprint density at radius 2 is 1.93 bits per heavy atom. The van der Waals surface area contributed by atoms with Crippen molar-refractivity contribution in [1.29, 1.82) is 0 Å². The zero-order valence-electron chi connectivity index (χ0n) is 15.7. The van der Waals surface area contributed by atoms with Gasteiger partial charge in [0.05, 0.1) is 12.1 Å². The van der Waals surface area contributed by atoms with Crippen LogP contribution in [0.2, 0.25) is 0 Å². The SMILES string of the molecule is CC(C)C(=O)Nc1nc(CC(=O)Nc2ccc3oc(C(C)C)nc3c2)cs1. The lowest BCUT2D eigenvalue weighted by molar-refractivity contribution is -0.119. The van der Waals surface area contributed by atoms with Gasteiger partial charge in [-0.3, -0.25) is 9.59 Å². The van der Waals surface area contributed by atoms with Gasteiger partial charge < -0.3 is 15.1 Å². The largest absolute Gasteiger partial charge is 0.440 e. The van der Waals surface area contributed by atoms with Gasteiger partial charge in [-0.1, -0.05) is 27.7 Å². The Kier molecular flexibility index (Phi) is 5.55. The number of carbonyl (C=O) groups is 2. The Balaban J connectivity index is 1.63. The van der Waals surface area contributed by atoms with Crippen LogP contribution in [0, 0.1) is 5.92 Å². The van der Waals surface area contributed by atoms with Crippen molar-refractivity contribution in [3.05, 3.63) is 35.2 Å². The van der Waals surface area contributed by atoms with E-state index in [4.69, 9.17) is 4.42 Å². The Labute approximate surface area is 161 Å². The molecule has 7 nitrogen and oxygen atoms in total. The molecule has 0 bridgehead atoms. The molecule has 2 heterocycles. The number of oxazole rings is 1. The predicted octanol–water partition coefficient (Wildman–Crippen LogP) is 4.18. The maximum atomic E-state index is 12.3. The summed E-state index contributed by atoms with van der Waals surface area (Å²) in [5.41, 5.74) is 2.67. The monoisotopic (exact) mass is 386 g/mol. The van der Waals surface area contributed by atoms with Crippen LogP contribution in [0.3, 0.4) is 0 Å². The van der Waals surface area contributed by atoms with Crippen molar-refractivity contribution < 1.29 is 14.0 Å². The van der Waals surface area contributed by atoms with E-state index in [2.05, 4.69) is 20.6 Å². The van der Waals surface area contributed by atoms with Gasteiger partial charge in [0.25, 0.3) is 0 Å². The van der Waals surface area contributed by atoms with Crippen molar-refractivity contribution in [3.63, 3.8) is 0 Å². The second-order valence-electron chi connectivity index (χ2n) is 6.90. The molecule has 0 saturated heterocycles. The first kappa shape index (κ1) is 19.0. The quantitative estimate of drug-likeness (QED) is 0.662. The summed E-state index contributed by atoms with van der Waals surface area (Å²) in [6.07, 6.45) is 0.127.